The summed E-state index contributed by atoms with van der Waals surface area (Å²) in [5.74, 6) is 0. The lowest BCUT2D eigenvalue weighted by molar-refractivity contribution is 0.916. The van der Waals surface area contributed by atoms with Crippen molar-refractivity contribution in [1.82, 2.24) is 9.97 Å². The molecule has 3 heteroatoms. The lowest BCUT2D eigenvalue weighted by Gasteiger charge is -2.13. The summed E-state index contributed by atoms with van der Waals surface area (Å²) in [4.78, 5) is 8.38. The van der Waals surface area contributed by atoms with E-state index < -0.39 is 0 Å². The van der Waals surface area contributed by atoms with Crippen molar-refractivity contribution >= 4 is 11.3 Å². The van der Waals surface area contributed by atoms with Gasteiger partial charge in [0.25, 0.3) is 0 Å². The Kier molecular flexibility index (Phi) is 1.46. The lowest BCUT2D eigenvalue weighted by Crippen LogP contribution is -2.03. The van der Waals surface area contributed by atoms with Crippen LogP contribution in [0.25, 0.3) is 11.3 Å². The summed E-state index contributed by atoms with van der Waals surface area (Å²) in [7, 11) is 0. The third-order valence-corrected chi connectivity index (χ3v) is 3.24. The van der Waals surface area contributed by atoms with E-state index in [2.05, 4.69) is 20.7 Å². The first-order valence-electron chi connectivity index (χ1n) is 4.29. The van der Waals surface area contributed by atoms with E-state index in [0.29, 0.717) is 0 Å². The highest BCUT2D eigenvalue weighted by molar-refractivity contribution is 7.08. The van der Waals surface area contributed by atoms with E-state index in [1.165, 1.54) is 16.7 Å². The van der Waals surface area contributed by atoms with Crippen molar-refractivity contribution in [2.45, 2.75) is 12.8 Å². The zero-order valence-electron chi connectivity index (χ0n) is 7.03. The van der Waals surface area contributed by atoms with Gasteiger partial charge >= 0.3 is 0 Å². The Morgan fingerprint density at radius 1 is 1.15 bits per heavy atom. The molecule has 0 aliphatic heterocycles. The fraction of sp³-hybridized carbons (Fsp3) is 0.200. The maximum absolute atomic E-state index is 4.33. The Morgan fingerprint density at radius 3 is 3.08 bits per heavy atom. The molecule has 0 spiro atoms. The van der Waals surface area contributed by atoms with Crippen molar-refractivity contribution in [3.63, 3.8) is 0 Å². The van der Waals surface area contributed by atoms with Gasteiger partial charge in [-0.25, -0.2) is 9.97 Å². The van der Waals surface area contributed by atoms with Crippen LogP contribution in [-0.2, 0) is 12.8 Å². The average Bonchev–Trinajstić information content (AvgIpc) is 2.65. The molecule has 0 saturated heterocycles. The topological polar surface area (TPSA) is 25.8 Å². The molecule has 64 valence electrons. The van der Waals surface area contributed by atoms with Gasteiger partial charge in [0.2, 0.25) is 0 Å². The Hall–Kier alpha value is -1.22. The van der Waals surface area contributed by atoms with E-state index in [9.17, 15) is 0 Å². The number of hydrogen-bond donors (Lipinski definition) is 0. The van der Waals surface area contributed by atoms with Crippen LogP contribution in [0.4, 0.5) is 0 Å². The highest BCUT2D eigenvalue weighted by Gasteiger charge is 2.17. The Morgan fingerprint density at radius 2 is 2.08 bits per heavy atom. The molecule has 0 N–H and O–H groups in total. The predicted octanol–water partition coefficient (Wildman–Crippen LogP) is 2.30. The number of fused-ring (bicyclic) bond motifs is 3. The van der Waals surface area contributed by atoms with Crippen molar-refractivity contribution in [3.05, 3.63) is 34.4 Å². The van der Waals surface area contributed by atoms with E-state index in [-0.39, 0.29) is 0 Å². The molecule has 2 aromatic heterocycles. The quantitative estimate of drug-likeness (QED) is 0.634. The molecule has 2 aromatic rings. The normalized spacial score (nSPS) is 13.5. The van der Waals surface area contributed by atoms with Crippen LogP contribution < -0.4 is 0 Å². The zero-order valence-corrected chi connectivity index (χ0v) is 7.84. The molecule has 0 fully saturated rings. The highest BCUT2D eigenvalue weighted by Crippen LogP contribution is 2.33. The number of aryl methyl sites for hydroxylation is 2. The van der Waals surface area contributed by atoms with Gasteiger partial charge in [-0.15, -0.1) is 0 Å². The third kappa shape index (κ3) is 1.00. The summed E-state index contributed by atoms with van der Waals surface area (Å²) < 4.78 is 0. The SMILES string of the molecule is c1ncc2c(n1)-c1cscc1CC2. The summed E-state index contributed by atoms with van der Waals surface area (Å²) in [5, 5.41) is 4.40. The number of thiophene rings is 1. The molecule has 0 saturated carbocycles. The molecule has 3 rings (SSSR count). The summed E-state index contributed by atoms with van der Waals surface area (Å²) in [6.07, 6.45) is 5.79. The summed E-state index contributed by atoms with van der Waals surface area (Å²) >= 11 is 1.76. The molecule has 1 aliphatic carbocycles. The van der Waals surface area contributed by atoms with Crippen molar-refractivity contribution < 1.29 is 0 Å². The first-order valence-corrected chi connectivity index (χ1v) is 5.24. The van der Waals surface area contributed by atoms with Crippen LogP contribution >= 0.6 is 11.3 Å². The Bertz CT molecular complexity index is 448. The van der Waals surface area contributed by atoms with Gasteiger partial charge < -0.3 is 0 Å². The molecule has 13 heavy (non-hydrogen) atoms. The average molecular weight is 188 g/mol. The maximum atomic E-state index is 4.33. The number of aromatic nitrogens is 2. The summed E-state index contributed by atoms with van der Waals surface area (Å²) in [5.41, 5.74) is 5.18. The van der Waals surface area contributed by atoms with Gasteiger partial charge in [0.1, 0.15) is 6.33 Å². The van der Waals surface area contributed by atoms with Crippen LogP contribution in [0.3, 0.4) is 0 Å². The zero-order chi connectivity index (χ0) is 8.67. The monoisotopic (exact) mass is 188 g/mol. The maximum Gasteiger partial charge on any atom is 0.116 e. The Balaban J connectivity index is 2.30. The standard InChI is InChI=1S/C10H8N2S/c1-2-8-4-13-5-9(8)10-7(1)3-11-6-12-10/h3-6H,1-2H2. The fourth-order valence-electron chi connectivity index (χ4n) is 1.78. The number of rotatable bonds is 0. The molecule has 0 radical (unpaired) electrons. The minimum Gasteiger partial charge on any atom is -0.244 e. The second-order valence-electron chi connectivity index (χ2n) is 3.21. The van der Waals surface area contributed by atoms with E-state index >= 15 is 0 Å². The Labute approximate surface area is 80.3 Å². The lowest BCUT2D eigenvalue weighted by atomic mass is 9.93. The first kappa shape index (κ1) is 7.21. The van der Waals surface area contributed by atoms with E-state index in [1.54, 1.807) is 17.7 Å². The third-order valence-electron chi connectivity index (χ3n) is 2.45. The van der Waals surface area contributed by atoms with Gasteiger partial charge in [0.05, 0.1) is 5.69 Å². The van der Waals surface area contributed by atoms with E-state index in [0.717, 1.165) is 18.5 Å². The van der Waals surface area contributed by atoms with Crippen LogP contribution in [-0.4, -0.2) is 9.97 Å². The van der Waals surface area contributed by atoms with Crippen LogP contribution in [0.1, 0.15) is 11.1 Å². The number of hydrogen-bond acceptors (Lipinski definition) is 3. The second kappa shape index (κ2) is 2.64. The van der Waals surface area contributed by atoms with Crippen molar-refractivity contribution in [2.24, 2.45) is 0 Å². The van der Waals surface area contributed by atoms with Crippen molar-refractivity contribution in [3.8, 4) is 11.3 Å². The summed E-state index contributed by atoms with van der Waals surface area (Å²) in [6.45, 7) is 0. The van der Waals surface area contributed by atoms with Crippen LogP contribution in [0, 0.1) is 0 Å². The van der Waals surface area contributed by atoms with Gasteiger partial charge in [0.15, 0.2) is 0 Å². The van der Waals surface area contributed by atoms with E-state index in [4.69, 9.17) is 0 Å². The number of nitrogens with zero attached hydrogens (tertiary/aromatic N) is 2. The van der Waals surface area contributed by atoms with Gasteiger partial charge in [0, 0.05) is 17.1 Å². The van der Waals surface area contributed by atoms with Crippen molar-refractivity contribution in [1.29, 1.82) is 0 Å². The van der Waals surface area contributed by atoms with Gasteiger partial charge in [-0.1, -0.05) is 0 Å². The fourth-order valence-corrected chi connectivity index (χ4v) is 2.65. The minimum atomic E-state index is 1.08. The summed E-state index contributed by atoms with van der Waals surface area (Å²) in [6, 6.07) is 0. The molecule has 0 bridgehead atoms. The molecule has 0 atom stereocenters. The van der Waals surface area contributed by atoms with Crippen LogP contribution in [0.2, 0.25) is 0 Å². The second-order valence-corrected chi connectivity index (χ2v) is 3.95. The highest BCUT2D eigenvalue weighted by atomic mass is 32.1. The van der Waals surface area contributed by atoms with Crippen LogP contribution in [0.5, 0.6) is 0 Å². The van der Waals surface area contributed by atoms with Gasteiger partial charge in [-0.3, -0.25) is 0 Å². The smallest absolute Gasteiger partial charge is 0.116 e. The molecular formula is C10H8N2S. The predicted molar refractivity (Wildman–Crippen MR) is 52.8 cm³/mol. The van der Waals surface area contributed by atoms with Gasteiger partial charge in [-0.05, 0) is 29.3 Å². The molecule has 2 nitrogen and oxygen atoms in total. The first-order chi connectivity index (χ1) is 6.45. The van der Waals surface area contributed by atoms with Gasteiger partial charge in [-0.2, -0.15) is 11.3 Å². The molecule has 2 heterocycles. The van der Waals surface area contributed by atoms with E-state index in [1.807, 2.05) is 6.20 Å². The molecule has 0 unspecified atom stereocenters. The van der Waals surface area contributed by atoms with Crippen molar-refractivity contribution in [2.75, 3.05) is 0 Å². The van der Waals surface area contributed by atoms with Crippen LogP contribution in [0.15, 0.2) is 23.3 Å². The molecular weight excluding hydrogens is 180 g/mol. The molecule has 0 aromatic carbocycles. The minimum absolute atomic E-state index is 1.08. The molecule has 0 amide bonds. The largest absolute Gasteiger partial charge is 0.244 e. The molecule has 1 aliphatic rings.